The van der Waals surface area contributed by atoms with Crippen LogP contribution in [-0.4, -0.2) is 25.8 Å². The molecule has 5 N–H and O–H groups in total. The van der Waals surface area contributed by atoms with Crippen molar-refractivity contribution in [1.82, 2.24) is 9.44 Å². The molecule has 0 aromatic carbocycles. The highest BCUT2D eigenvalue weighted by Crippen LogP contribution is 2.34. The first kappa shape index (κ1) is 16.4. The summed E-state index contributed by atoms with van der Waals surface area (Å²) in [5.74, 6) is 0.520. The van der Waals surface area contributed by atoms with Crippen LogP contribution in [0.4, 0.5) is 0 Å². The van der Waals surface area contributed by atoms with E-state index in [0.29, 0.717) is 18.8 Å². The Kier molecular flexibility index (Phi) is 5.34. The molecule has 1 aliphatic rings. The molecule has 0 bridgehead atoms. The lowest BCUT2D eigenvalue weighted by Crippen LogP contribution is -2.61. The van der Waals surface area contributed by atoms with E-state index in [-0.39, 0.29) is 11.9 Å². The molecule has 0 aromatic heterocycles. The summed E-state index contributed by atoms with van der Waals surface area (Å²) in [6, 6.07) is -0.187. The maximum atomic E-state index is 12.0. The Morgan fingerprint density at radius 1 is 1.42 bits per heavy atom. The highest BCUT2D eigenvalue weighted by atomic mass is 32.2. The summed E-state index contributed by atoms with van der Waals surface area (Å²) in [7, 11) is -3.63. The van der Waals surface area contributed by atoms with Gasteiger partial charge in [-0.15, -0.1) is 0 Å². The molecular weight excluding hydrogens is 264 g/mol. The predicted molar refractivity (Wildman–Crippen MR) is 77.2 cm³/mol. The largest absolute Gasteiger partial charge is 0.386 e. The van der Waals surface area contributed by atoms with Crippen LogP contribution in [0, 0.1) is 11.3 Å². The molecule has 0 spiro atoms. The van der Waals surface area contributed by atoms with E-state index in [9.17, 15) is 8.42 Å². The first-order valence-corrected chi connectivity index (χ1v) is 8.35. The molecule has 1 rings (SSSR count). The average Bonchev–Trinajstić information content (AvgIpc) is 2.27. The molecular formula is C12H26N4O2S. The van der Waals surface area contributed by atoms with Crippen LogP contribution in [0.5, 0.6) is 0 Å². The SMILES string of the molecule is CCC1CCC(NS(=O)(=O)NC(C)C)(C(=N)N)CC1. The van der Waals surface area contributed by atoms with E-state index in [1.807, 2.05) is 0 Å². The lowest BCUT2D eigenvalue weighted by atomic mass is 9.75. The smallest absolute Gasteiger partial charge is 0.278 e. The van der Waals surface area contributed by atoms with E-state index in [0.717, 1.165) is 19.3 Å². The van der Waals surface area contributed by atoms with Crippen molar-refractivity contribution in [2.24, 2.45) is 11.7 Å². The third-order valence-corrected chi connectivity index (χ3v) is 5.21. The summed E-state index contributed by atoms with van der Waals surface area (Å²) in [5, 5.41) is 7.75. The highest BCUT2D eigenvalue weighted by Gasteiger charge is 2.41. The number of hydrogen-bond donors (Lipinski definition) is 4. The van der Waals surface area contributed by atoms with Gasteiger partial charge < -0.3 is 5.73 Å². The molecule has 0 unspecified atom stereocenters. The van der Waals surface area contributed by atoms with Gasteiger partial charge in [-0.1, -0.05) is 13.3 Å². The Balaban J connectivity index is 2.82. The predicted octanol–water partition coefficient (Wildman–Crippen LogP) is 1.09. The van der Waals surface area contributed by atoms with Crippen molar-refractivity contribution in [1.29, 1.82) is 5.41 Å². The van der Waals surface area contributed by atoms with Crippen LogP contribution in [0.3, 0.4) is 0 Å². The van der Waals surface area contributed by atoms with Gasteiger partial charge in [0.1, 0.15) is 5.84 Å². The first-order chi connectivity index (χ1) is 8.71. The lowest BCUT2D eigenvalue weighted by Gasteiger charge is -2.39. The molecule has 0 heterocycles. The molecule has 0 amide bonds. The molecule has 0 radical (unpaired) electrons. The molecule has 0 saturated heterocycles. The minimum absolute atomic E-state index is 0.0869. The van der Waals surface area contributed by atoms with Gasteiger partial charge in [0.25, 0.3) is 10.2 Å². The number of nitrogens with two attached hydrogens (primary N) is 1. The van der Waals surface area contributed by atoms with Crippen LogP contribution in [0.15, 0.2) is 0 Å². The fourth-order valence-electron chi connectivity index (χ4n) is 2.60. The number of rotatable bonds is 6. The molecule has 1 saturated carbocycles. The Bertz CT molecular complexity index is 411. The van der Waals surface area contributed by atoms with Gasteiger partial charge in [-0.05, 0) is 45.4 Å². The van der Waals surface area contributed by atoms with Gasteiger partial charge in [0.15, 0.2) is 0 Å². The average molecular weight is 290 g/mol. The molecule has 7 heteroatoms. The zero-order chi connectivity index (χ0) is 14.7. The maximum Gasteiger partial charge on any atom is 0.278 e. The second-order valence-corrected chi connectivity index (χ2v) is 7.17. The van der Waals surface area contributed by atoms with Gasteiger partial charge in [0, 0.05) is 6.04 Å². The van der Waals surface area contributed by atoms with Crippen LogP contribution in [0.2, 0.25) is 0 Å². The second-order valence-electron chi connectivity index (χ2n) is 5.73. The van der Waals surface area contributed by atoms with Crippen LogP contribution >= 0.6 is 0 Å². The summed E-state index contributed by atoms with van der Waals surface area (Å²) in [6.45, 7) is 5.65. The summed E-state index contributed by atoms with van der Waals surface area (Å²) < 4.78 is 29.1. The molecule has 6 nitrogen and oxygen atoms in total. The zero-order valence-electron chi connectivity index (χ0n) is 12.0. The first-order valence-electron chi connectivity index (χ1n) is 6.86. The highest BCUT2D eigenvalue weighted by molar-refractivity contribution is 7.87. The van der Waals surface area contributed by atoms with Crippen LogP contribution in [0.25, 0.3) is 0 Å². The quantitative estimate of drug-likeness (QED) is 0.434. The Morgan fingerprint density at radius 3 is 2.32 bits per heavy atom. The summed E-state index contributed by atoms with van der Waals surface area (Å²) in [5.41, 5.74) is 4.75. The van der Waals surface area contributed by atoms with Gasteiger partial charge in [-0.3, -0.25) is 5.41 Å². The van der Waals surface area contributed by atoms with Crippen molar-refractivity contribution in [2.45, 2.75) is 64.5 Å². The normalized spacial score (nSPS) is 28.5. The number of amidine groups is 1. The third-order valence-electron chi connectivity index (χ3n) is 3.77. The molecule has 0 aliphatic heterocycles. The number of hydrogen-bond acceptors (Lipinski definition) is 3. The lowest BCUT2D eigenvalue weighted by molar-refractivity contribution is 0.265. The van der Waals surface area contributed by atoms with E-state index in [1.165, 1.54) is 0 Å². The standard InChI is InChI=1S/C12H26N4O2S/c1-4-10-5-7-12(8-6-10,11(13)14)16-19(17,18)15-9(2)3/h9-10,15-16H,4-8H2,1-3H3,(H3,13,14). The molecule has 0 atom stereocenters. The molecule has 19 heavy (non-hydrogen) atoms. The van der Waals surface area contributed by atoms with Gasteiger partial charge in [0.05, 0.1) is 5.54 Å². The van der Waals surface area contributed by atoms with Gasteiger partial charge in [-0.25, -0.2) is 0 Å². The maximum absolute atomic E-state index is 12.0. The van der Waals surface area contributed by atoms with E-state index in [4.69, 9.17) is 11.1 Å². The van der Waals surface area contributed by atoms with Gasteiger partial charge in [-0.2, -0.15) is 17.9 Å². The molecule has 112 valence electrons. The monoisotopic (exact) mass is 290 g/mol. The fraction of sp³-hybridized carbons (Fsp3) is 0.917. The molecule has 1 aliphatic carbocycles. The second kappa shape index (κ2) is 6.19. The van der Waals surface area contributed by atoms with E-state index in [1.54, 1.807) is 13.8 Å². The molecule has 0 aromatic rings. The summed E-state index contributed by atoms with van der Waals surface area (Å²) >= 11 is 0. The fourth-order valence-corrected chi connectivity index (χ4v) is 4.11. The summed E-state index contributed by atoms with van der Waals surface area (Å²) in [6.07, 6.45) is 4.09. The van der Waals surface area contributed by atoms with E-state index < -0.39 is 15.7 Å². The number of nitrogens with one attached hydrogen (secondary N) is 3. The van der Waals surface area contributed by atoms with Crippen LogP contribution in [0.1, 0.15) is 52.9 Å². The van der Waals surface area contributed by atoms with Crippen molar-refractivity contribution >= 4 is 16.0 Å². The van der Waals surface area contributed by atoms with Crippen LogP contribution in [-0.2, 0) is 10.2 Å². The Hall–Kier alpha value is -0.660. The van der Waals surface area contributed by atoms with Gasteiger partial charge >= 0.3 is 0 Å². The minimum Gasteiger partial charge on any atom is -0.386 e. The Labute approximate surface area is 116 Å². The third kappa shape index (κ3) is 4.43. The van der Waals surface area contributed by atoms with E-state index >= 15 is 0 Å². The van der Waals surface area contributed by atoms with Crippen molar-refractivity contribution in [3.05, 3.63) is 0 Å². The van der Waals surface area contributed by atoms with E-state index in [2.05, 4.69) is 16.4 Å². The van der Waals surface area contributed by atoms with Crippen molar-refractivity contribution in [3.8, 4) is 0 Å². The van der Waals surface area contributed by atoms with Gasteiger partial charge in [0.2, 0.25) is 0 Å². The zero-order valence-corrected chi connectivity index (χ0v) is 12.8. The Morgan fingerprint density at radius 2 is 1.95 bits per heavy atom. The summed E-state index contributed by atoms with van der Waals surface area (Å²) in [4.78, 5) is 0. The topological polar surface area (TPSA) is 108 Å². The van der Waals surface area contributed by atoms with Crippen molar-refractivity contribution < 1.29 is 8.42 Å². The minimum atomic E-state index is -3.63. The van der Waals surface area contributed by atoms with Crippen LogP contribution < -0.4 is 15.2 Å². The van der Waals surface area contributed by atoms with Crippen molar-refractivity contribution in [3.63, 3.8) is 0 Å². The van der Waals surface area contributed by atoms with Crippen molar-refractivity contribution in [2.75, 3.05) is 0 Å². The molecule has 1 fully saturated rings.